The zero-order valence-corrected chi connectivity index (χ0v) is 11.0. The van der Waals surface area contributed by atoms with Gasteiger partial charge >= 0.3 is 5.97 Å². The molecular weight excluding hydrogens is 275 g/mol. The van der Waals surface area contributed by atoms with Crippen molar-refractivity contribution in [1.82, 2.24) is 10.3 Å². The molecule has 5 nitrogen and oxygen atoms in total. The molecule has 0 atom stereocenters. The molecule has 2 rings (SSSR count). The Morgan fingerprint density at radius 1 is 1.19 bits per heavy atom. The molecule has 1 aromatic carbocycles. The number of aromatic nitrogens is 1. The van der Waals surface area contributed by atoms with Crippen molar-refractivity contribution in [3.05, 3.63) is 65.2 Å². The van der Waals surface area contributed by atoms with Crippen LogP contribution in [0.15, 0.2) is 42.6 Å². The van der Waals surface area contributed by atoms with Gasteiger partial charge < -0.3 is 10.4 Å². The Kier molecular flexibility index (Phi) is 4.61. The Morgan fingerprint density at radius 2 is 2.00 bits per heavy atom. The van der Waals surface area contributed by atoms with Crippen LogP contribution in [0, 0.1) is 5.95 Å². The number of aromatic carboxylic acids is 1. The van der Waals surface area contributed by atoms with Crippen molar-refractivity contribution in [1.29, 1.82) is 0 Å². The molecule has 0 aliphatic heterocycles. The molecule has 2 N–H and O–H groups in total. The topological polar surface area (TPSA) is 79.3 Å². The van der Waals surface area contributed by atoms with Crippen molar-refractivity contribution in [2.24, 2.45) is 0 Å². The first-order chi connectivity index (χ1) is 10.1. The first-order valence-corrected chi connectivity index (χ1v) is 6.28. The highest BCUT2D eigenvalue weighted by Gasteiger charge is 2.06. The normalized spacial score (nSPS) is 10.1. The summed E-state index contributed by atoms with van der Waals surface area (Å²) in [5.41, 5.74) is 1.30. The number of hydrogen-bond donors (Lipinski definition) is 2. The molecule has 1 amide bonds. The Balaban J connectivity index is 1.89. The first kappa shape index (κ1) is 14.6. The maximum Gasteiger partial charge on any atom is 0.335 e. The highest BCUT2D eigenvalue weighted by Crippen LogP contribution is 2.06. The first-order valence-electron chi connectivity index (χ1n) is 6.28. The van der Waals surface area contributed by atoms with Gasteiger partial charge in [-0.1, -0.05) is 12.1 Å². The van der Waals surface area contributed by atoms with E-state index in [4.69, 9.17) is 5.11 Å². The molecule has 0 aliphatic carbocycles. The fourth-order valence-electron chi connectivity index (χ4n) is 1.79. The number of nitrogens with one attached hydrogen (secondary N) is 1. The van der Waals surface area contributed by atoms with E-state index >= 15 is 0 Å². The SMILES string of the molecule is O=C(O)c1cccc(CCNC(=O)c2ccc(F)nc2)c1. The Hall–Kier alpha value is -2.76. The van der Waals surface area contributed by atoms with E-state index in [1.54, 1.807) is 18.2 Å². The van der Waals surface area contributed by atoms with Crippen molar-refractivity contribution in [3.63, 3.8) is 0 Å². The molecule has 0 saturated heterocycles. The van der Waals surface area contributed by atoms with Crippen LogP contribution >= 0.6 is 0 Å². The van der Waals surface area contributed by atoms with E-state index in [2.05, 4.69) is 10.3 Å². The highest BCUT2D eigenvalue weighted by atomic mass is 19.1. The van der Waals surface area contributed by atoms with E-state index in [0.717, 1.165) is 17.8 Å². The molecule has 21 heavy (non-hydrogen) atoms. The summed E-state index contributed by atoms with van der Waals surface area (Å²) in [4.78, 5) is 26.0. The third kappa shape index (κ3) is 4.10. The number of carboxylic acids is 1. The molecule has 0 bridgehead atoms. The van der Waals surface area contributed by atoms with Crippen LogP contribution in [0.1, 0.15) is 26.3 Å². The summed E-state index contributed by atoms with van der Waals surface area (Å²) in [6.07, 6.45) is 1.66. The van der Waals surface area contributed by atoms with Crippen LogP contribution in [-0.2, 0) is 6.42 Å². The van der Waals surface area contributed by atoms with Crippen molar-refractivity contribution >= 4 is 11.9 Å². The van der Waals surface area contributed by atoms with Gasteiger partial charge in [0.05, 0.1) is 11.1 Å². The van der Waals surface area contributed by atoms with Gasteiger partial charge in [-0.2, -0.15) is 4.39 Å². The van der Waals surface area contributed by atoms with E-state index in [9.17, 15) is 14.0 Å². The van der Waals surface area contributed by atoms with E-state index in [1.165, 1.54) is 12.1 Å². The molecule has 108 valence electrons. The lowest BCUT2D eigenvalue weighted by Gasteiger charge is -2.06. The predicted molar refractivity (Wildman–Crippen MR) is 73.6 cm³/mol. The fraction of sp³-hybridized carbons (Fsp3) is 0.133. The van der Waals surface area contributed by atoms with Crippen LogP contribution in [0.2, 0.25) is 0 Å². The van der Waals surface area contributed by atoms with Crippen molar-refractivity contribution in [3.8, 4) is 0 Å². The quantitative estimate of drug-likeness (QED) is 0.823. The maximum atomic E-state index is 12.6. The predicted octanol–water partition coefficient (Wildman–Crippen LogP) is 1.89. The maximum absolute atomic E-state index is 12.6. The number of carbonyl (C=O) groups is 2. The number of carbonyl (C=O) groups excluding carboxylic acids is 1. The molecule has 1 heterocycles. The summed E-state index contributed by atoms with van der Waals surface area (Å²) in [6, 6.07) is 8.99. The van der Waals surface area contributed by atoms with Gasteiger partial charge in [0.1, 0.15) is 0 Å². The molecule has 0 unspecified atom stereocenters. The summed E-state index contributed by atoms with van der Waals surface area (Å²) in [7, 11) is 0. The van der Waals surface area contributed by atoms with Gasteiger partial charge in [0.25, 0.3) is 5.91 Å². The third-order valence-corrected chi connectivity index (χ3v) is 2.86. The minimum atomic E-state index is -0.988. The van der Waals surface area contributed by atoms with Gasteiger partial charge in [0.15, 0.2) is 0 Å². The molecule has 0 radical (unpaired) electrons. The van der Waals surface area contributed by atoms with E-state index < -0.39 is 11.9 Å². The minimum absolute atomic E-state index is 0.210. The van der Waals surface area contributed by atoms with Crippen LogP contribution in [0.3, 0.4) is 0 Å². The number of pyridine rings is 1. The molecular formula is C15H13FN2O3. The number of rotatable bonds is 5. The van der Waals surface area contributed by atoms with Crippen LogP contribution in [0.5, 0.6) is 0 Å². The fourth-order valence-corrected chi connectivity index (χ4v) is 1.79. The molecule has 2 aromatic rings. The molecule has 1 aromatic heterocycles. The van der Waals surface area contributed by atoms with Gasteiger partial charge in [0.2, 0.25) is 5.95 Å². The lowest BCUT2D eigenvalue weighted by molar-refractivity contribution is 0.0696. The van der Waals surface area contributed by atoms with Crippen LogP contribution in [0.25, 0.3) is 0 Å². The van der Waals surface area contributed by atoms with Gasteiger partial charge in [0, 0.05) is 12.7 Å². The minimum Gasteiger partial charge on any atom is -0.478 e. The molecule has 6 heteroatoms. The zero-order chi connectivity index (χ0) is 15.2. The number of carboxylic acid groups (broad SMARTS) is 1. The largest absolute Gasteiger partial charge is 0.478 e. The van der Waals surface area contributed by atoms with Gasteiger partial charge in [-0.3, -0.25) is 4.79 Å². The van der Waals surface area contributed by atoms with Crippen LogP contribution in [0.4, 0.5) is 4.39 Å². The summed E-state index contributed by atoms with van der Waals surface area (Å²) >= 11 is 0. The molecule has 0 spiro atoms. The standard InChI is InChI=1S/C15H13FN2O3/c16-13-5-4-12(9-18-13)14(19)17-7-6-10-2-1-3-11(8-10)15(20)21/h1-5,8-9H,6-7H2,(H,17,19)(H,20,21). The van der Waals surface area contributed by atoms with Crippen LogP contribution in [-0.4, -0.2) is 28.5 Å². The monoisotopic (exact) mass is 288 g/mol. The second-order valence-corrected chi connectivity index (χ2v) is 4.38. The number of nitrogens with zero attached hydrogens (tertiary/aromatic N) is 1. The second-order valence-electron chi connectivity index (χ2n) is 4.38. The Morgan fingerprint density at radius 3 is 2.67 bits per heavy atom. The number of amides is 1. The second kappa shape index (κ2) is 6.60. The summed E-state index contributed by atoms with van der Waals surface area (Å²) < 4.78 is 12.6. The highest BCUT2D eigenvalue weighted by molar-refractivity contribution is 5.93. The van der Waals surface area contributed by atoms with Crippen molar-refractivity contribution < 1.29 is 19.1 Å². The molecule has 0 saturated carbocycles. The third-order valence-electron chi connectivity index (χ3n) is 2.86. The number of hydrogen-bond acceptors (Lipinski definition) is 3. The average molecular weight is 288 g/mol. The summed E-state index contributed by atoms with van der Waals surface area (Å²) in [5, 5.41) is 11.6. The van der Waals surface area contributed by atoms with E-state index in [-0.39, 0.29) is 17.0 Å². The smallest absolute Gasteiger partial charge is 0.335 e. The van der Waals surface area contributed by atoms with Gasteiger partial charge in [-0.15, -0.1) is 0 Å². The lowest BCUT2D eigenvalue weighted by atomic mass is 10.1. The van der Waals surface area contributed by atoms with Gasteiger partial charge in [-0.05, 0) is 36.2 Å². The van der Waals surface area contributed by atoms with Gasteiger partial charge in [-0.25, -0.2) is 9.78 Å². The number of halogens is 1. The van der Waals surface area contributed by atoms with Crippen LogP contribution < -0.4 is 5.32 Å². The summed E-state index contributed by atoms with van der Waals surface area (Å²) in [6.45, 7) is 0.347. The van der Waals surface area contributed by atoms with E-state index in [1.807, 2.05) is 0 Å². The zero-order valence-electron chi connectivity index (χ0n) is 11.0. The lowest BCUT2D eigenvalue weighted by Crippen LogP contribution is -2.25. The average Bonchev–Trinajstić information content (AvgIpc) is 2.48. The molecule has 0 fully saturated rings. The Labute approximate surface area is 120 Å². The van der Waals surface area contributed by atoms with Crippen molar-refractivity contribution in [2.45, 2.75) is 6.42 Å². The molecule has 0 aliphatic rings. The summed E-state index contributed by atoms with van der Waals surface area (Å²) in [5.74, 6) is -1.98. The number of benzene rings is 1. The van der Waals surface area contributed by atoms with Crippen molar-refractivity contribution in [2.75, 3.05) is 6.54 Å². The van der Waals surface area contributed by atoms with E-state index in [0.29, 0.717) is 13.0 Å². The Bertz CT molecular complexity index is 656.